The second-order valence-corrected chi connectivity index (χ2v) is 7.91. The number of carbonyl (C=O) groups excluding carboxylic acids is 1. The summed E-state index contributed by atoms with van der Waals surface area (Å²) in [4.78, 5) is 22.2. The van der Waals surface area contributed by atoms with Crippen LogP contribution in [0.4, 0.5) is 4.79 Å². The third-order valence-electron chi connectivity index (χ3n) is 5.08. The van der Waals surface area contributed by atoms with Crippen molar-refractivity contribution in [3.05, 3.63) is 53.2 Å². The highest BCUT2D eigenvalue weighted by Gasteiger charge is 2.23. The van der Waals surface area contributed by atoms with Gasteiger partial charge in [0.1, 0.15) is 17.4 Å². The molecule has 1 aromatic carbocycles. The van der Waals surface area contributed by atoms with Crippen molar-refractivity contribution in [1.82, 2.24) is 14.9 Å². The van der Waals surface area contributed by atoms with E-state index in [4.69, 9.17) is 9.47 Å². The van der Waals surface area contributed by atoms with E-state index in [9.17, 15) is 4.79 Å². The number of amides is 1. The molecule has 0 bridgehead atoms. The van der Waals surface area contributed by atoms with Gasteiger partial charge in [-0.15, -0.1) is 11.3 Å². The van der Waals surface area contributed by atoms with Gasteiger partial charge in [0.25, 0.3) is 0 Å². The molecule has 0 atom stereocenters. The number of pyridine rings is 1. The van der Waals surface area contributed by atoms with Gasteiger partial charge < -0.3 is 14.4 Å². The zero-order valence-corrected chi connectivity index (χ0v) is 16.4. The van der Waals surface area contributed by atoms with E-state index in [1.165, 1.54) is 11.3 Å². The van der Waals surface area contributed by atoms with Gasteiger partial charge in [0.05, 0.1) is 6.61 Å². The molecular weight excluding hydrogens is 374 g/mol. The summed E-state index contributed by atoms with van der Waals surface area (Å²) in [5.74, 6) is 1.45. The monoisotopic (exact) mass is 397 g/mol. The van der Waals surface area contributed by atoms with Crippen LogP contribution in [0.3, 0.4) is 0 Å². The van der Waals surface area contributed by atoms with Crippen molar-refractivity contribution in [3.8, 4) is 5.75 Å². The summed E-state index contributed by atoms with van der Waals surface area (Å²) < 4.78 is 11.3. The molecule has 28 heavy (non-hydrogen) atoms. The lowest BCUT2D eigenvalue weighted by Crippen LogP contribution is -2.39. The summed E-state index contributed by atoms with van der Waals surface area (Å²) in [5, 5.41) is 4.96. The molecule has 0 unspecified atom stereocenters. The molecule has 0 N–H and O–H groups in total. The summed E-state index contributed by atoms with van der Waals surface area (Å²) >= 11 is 1.50. The molecule has 1 fully saturated rings. The highest BCUT2D eigenvalue weighted by molar-refractivity contribution is 7.09. The van der Waals surface area contributed by atoms with Crippen molar-refractivity contribution in [2.24, 2.45) is 5.92 Å². The van der Waals surface area contributed by atoms with Gasteiger partial charge in [-0.3, -0.25) is 4.98 Å². The van der Waals surface area contributed by atoms with Crippen LogP contribution in [0.25, 0.3) is 10.8 Å². The van der Waals surface area contributed by atoms with Gasteiger partial charge in [0, 0.05) is 42.4 Å². The van der Waals surface area contributed by atoms with Gasteiger partial charge in [-0.1, -0.05) is 6.07 Å². The topological polar surface area (TPSA) is 64.5 Å². The van der Waals surface area contributed by atoms with Crippen LogP contribution in [0.1, 0.15) is 24.3 Å². The van der Waals surface area contributed by atoms with Crippen molar-refractivity contribution in [2.75, 3.05) is 19.7 Å². The van der Waals surface area contributed by atoms with Crippen LogP contribution in [0, 0.1) is 5.92 Å². The maximum absolute atomic E-state index is 12.2. The van der Waals surface area contributed by atoms with Crippen molar-refractivity contribution >= 4 is 28.2 Å². The van der Waals surface area contributed by atoms with E-state index in [-0.39, 0.29) is 12.7 Å². The van der Waals surface area contributed by atoms with Crippen LogP contribution in [0.2, 0.25) is 0 Å². The lowest BCUT2D eigenvalue weighted by Gasteiger charge is -2.31. The fourth-order valence-corrected chi connectivity index (χ4v) is 3.97. The number of thiazole rings is 1. The van der Waals surface area contributed by atoms with Gasteiger partial charge in [-0.05, 0) is 48.8 Å². The molecule has 2 aromatic heterocycles. The Labute approximate surface area is 168 Å². The Bertz CT molecular complexity index is 908. The Morgan fingerprint density at radius 1 is 1.18 bits per heavy atom. The Balaban J connectivity index is 1.17. The molecule has 0 saturated carbocycles. The number of hydrogen-bond donors (Lipinski definition) is 0. The quantitative estimate of drug-likeness (QED) is 0.612. The third-order valence-corrected chi connectivity index (χ3v) is 5.84. The first-order valence-electron chi connectivity index (χ1n) is 9.54. The number of aromatic nitrogens is 2. The average molecular weight is 398 g/mol. The molecule has 3 aromatic rings. The summed E-state index contributed by atoms with van der Waals surface area (Å²) in [7, 11) is 0. The minimum atomic E-state index is -0.241. The Morgan fingerprint density at radius 2 is 2.07 bits per heavy atom. The molecule has 0 radical (unpaired) electrons. The average Bonchev–Trinajstić information content (AvgIpc) is 3.26. The van der Waals surface area contributed by atoms with E-state index in [0.717, 1.165) is 53.9 Å². The van der Waals surface area contributed by atoms with E-state index in [2.05, 4.69) is 16.0 Å². The van der Waals surface area contributed by atoms with Crippen LogP contribution in [-0.4, -0.2) is 40.7 Å². The van der Waals surface area contributed by atoms with Gasteiger partial charge in [-0.2, -0.15) is 0 Å². The van der Waals surface area contributed by atoms with E-state index < -0.39 is 0 Å². The van der Waals surface area contributed by atoms with Crippen molar-refractivity contribution < 1.29 is 14.3 Å². The Kier molecular flexibility index (Phi) is 6.01. The molecular formula is C21H23N3O3S. The zero-order chi connectivity index (χ0) is 19.2. The minimum absolute atomic E-state index is 0.241. The first-order valence-corrected chi connectivity index (χ1v) is 10.4. The molecule has 7 heteroatoms. The second kappa shape index (κ2) is 9.01. The summed E-state index contributed by atoms with van der Waals surface area (Å²) in [6, 6.07) is 8.09. The summed E-state index contributed by atoms with van der Waals surface area (Å²) in [6.45, 7) is 2.42. The van der Waals surface area contributed by atoms with Crippen molar-refractivity contribution in [2.45, 2.75) is 25.9 Å². The van der Waals surface area contributed by atoms with E-state index >= 15 is 0 Å². The normalized spacial score (nSPS) is 14.9. The number of carbonyl (C=O) groups is 1. The smallest absolute Gasteiger partial charge is 0.410 e. The molecule has 1 aliphatic heterocycles. The van der Waals surface area contributed by atoms with Gasteiger partial charge in [-0.25, -0.2) is 9.78 Å². The van der Waals surface area contributed by atoms with Crippen molar-refractivity contribution in [3.63, 3.8) is 0 Å². The number of fused-ring (bicyclic) bond motifs is 1. The highest BCUT2D eigenvalue weighted by Crippen LogP contribution is 2.23. The van der Waals surface area contributed by atoms with Gasteiger partial charge in [0.15, 0.2) is 0 Å². The second-order valence-electron chi connectivity index (χ2n) is 6.93. The number of rotatable bonds is 6. The molecule has 0 spiro atoms. The van der Waals surface area contributed by atoms with Gasteiger partial charge >= 0.3 is 6.09 Å². The van der Waals surface area contributed by atoms with Crippen LogP contribution in [0.5, 0.6) is 5.75 Å². The van der Waals surface area contributed by atoms with Gasteiger partial charge in [0.2, 0.25) is 0 Å². The molecule has 1 saturated heterocycles. The zero-order valence-electron chi connectivity index (χ0n) is 15.6. The number of ether oxygens (including phenoxy) is 2. The van der Waals surface area contributed by atoms with Crippen LogP contribution < -0.4 is 4.74 Å². The minimum Gasteiger partial charge on any atom is -0.494 e. The molecule has 1 aliphatic rings. The van der Waals surface area contributed by atoms with Crippen molar-refractivity contribution in [1.29, 1.82) is 0 Å². The number of likely N-dealkylation sites (tertiary alicyclic amines) is 1. The number of piperidine rings is 1. The molecule has 6 nitrogen and oxygen atoms in total. The first-order chi connectivity index (χ1) is 13.8. The SMILES string of the molecule is O=C(OCc1nccs1)N1CCC(CCOc2ccc3ccncc3c2)CC1. The van der Waals surface area contributed by atoms with E-state index in [1.54, 1.807) is 17.3 Å². The first kappa shape index (κ1) is 18.7. The van der Waals surface area contributed by atoms with Crippen LogP contribution >= 0.6 is 11.3 Å². The molecule has 0 aliphatic carbocycles. The maximum Gasteiger partial charge on any atom is 0.410 e. The Hall–Kier alpha value is -2.67. The van der Waals surface area contributed by atoms with Crippen LogP contribution in [-0.2, 0) is 11.3 Å². The van der Waals surface area contributed by atoms with E-state index in [0.29, 0.717) is 12.5 Å². The number of nitrogens with zero attached hydrogens (tertiary/aromatic N) is 3. The fraction of sp³-hybridized carbons (Fsp3) is 0.381. The maximum atomic E-state index is 12.2. The molecule has 3 heterocycles. The predicted octanol–water partition coefficient (Wildman–Crippen LogP) is 4.51. The largest absolute Gasteiger partial charge is 0.494 e. The van der Waals surface area contributed by atoms with Crippen LogP contribution in [0.15, 0.2) is 48.2 Å². The lowest BCUT2D eigenvalue weighted by atomic mass is 9.94. The standard InChI is InChI=1S/C21H23N3O3S/c25-21(27-15-20-23-8-12-28-20)24-9-4-16(5-10-24)6-11-26-19-2-1-17-3-7-22-14-18(17)13-19/h1-3,7-8,12-14,16H,4-6,9-11,15H2. The Morgan fingerprint density at radius 3 is 2.89 bits per heavy atom. The summed E-state index contributed by atoms with van der Waals surface area (Å²) in [5.41, 5.74) is 0. The predicted molar refractivity (Wildman–Crippen MR) is 108 cm³/mol. The molecule has 146 valence electrons. The van der Waals surface area contributed by atoms with E-state index in [1.807, 2.05) is 29.8 Å². The number of benzene rings is 1. The highest BCUT2D eigenvalue weighted by atomic mass is 32.1. The fourth-order valence-electron chi connectivity index (χ4n) is 3.44. The third kappa shape index (κ3) is 4.78. The summed E-state index contributed by atoms with van der Waals surface area (Å²) in [6.07, 6.45) is 8.09. The molecule has 4 rings (SSSR count). The lowest BCUT2D eigenvalue weighted by molar-refractivity contribution is 0.0799. The number of hydrogen-bond acceptors (Lipinski definition) is 6. The molecule has 1 amide bonds.